The molecule has 2 aromatic carbocycles. The van der Waals surface area contributed by atoms with Crippen molar-refractivity contribution < 1.29 is 33.9 Å². The number of nitrogens with two attached hydrogens (primary N) is 1. The monoisotopic (exact) mass is 642 g/mol. The first kappa shape index (κ1) is 39.6. The number of amides is 5. The van der Waals surface area contributed by atoms with E-state index >= 15 is 0 Å². The van der Waals surface area contributed by atoms with Crippen LogP contribution in [0, 0.1) is 0 Å². The fourth-order valence-electron chi connectivity index (χ4n) is 2.94. The highest BCUT2D eigenvalue weighted by atomic mass is 35.5. The maximum atomic E-state index is 12.2. The highest BCUT2D eigenvalue weighted by Gasteiger charge is 2.15. The number of allylic oxidation sites excluding steroid dienone is 4. The minimum atomic E-state index is -1.20. The van der Waals surface area contributed by atoms with Gasteiger partial charge >= 0.3 is 5.97 Å². The number of nitrogens with one attached hydrogen (secondary N) is 4. The predicted octanol–water partition coefficient (Wildman–Crippen LogP) is 2.71. The Morgan fingerprint density at radius 3 is 2.18 bits per heavy atom. The van der Waals surface area contributed by atoms with E-state index in [4.69, 9.17) is 22.4 Å². The lowest BCUT2D eigenvalue weighted by atomic mass is 10.2. The zero-order chi connectivity index (χ0) is 34.2. The number of nitrogens with zero attached hydrogens (tertiary/aromatic N) is 1. The van der Waals surface area contributed by atoms with Crippen LogP contribution in [0.15, 0.2) is 84.6 Å². The number of carboxylic acids is 1. The summed E-state index contributed by atoms with van der Waals surface area (Å²) in [5.74, 6) is -2.58. The van der Waals surface area contributed by atoms with Crippen LogP contribution < -0.4 is 27.1 Å². The van der Waals surface area contributed by atoms with Gasteiger partial charge < -0.3 is 26.8 Å². The molecule has 0 heterocycles. The van der Waals surface area contributed by atoms with E-state index in [0.29, 0.717) is 34.2 Å². The van der Waals surface area contributed by atoms with Crippen LogP contribution in [-0.4, -0.2) is 59.2 Å². The standard InChI is InChI=1S/C16H20ClN3O2.C8H9NO.C7H10N2O4/c1-4-5-6-14(16(22)19-10(2)3)20-15(21)11-7-8-13(18)12(17)9-11;10-7-9-6-8-4-2-1-3-5-8;1-2-3-6(11)9(8-5-10)4-7(12)13/h4-10H,18H2,1-3H3,(H,19,22)(H,20,21);1-5,7H,6H2,(H,9,10);2-3,5H,4H2,1H3,(H,8,10)(H,12,13)/b5-4-,14-6+;;3-2+. The highest BCUT2D eigenvalue weighted by Crippen LogP contribution is 2.19. The topological polar surface area (TPSA) is 200 Å². The molecule has 0 saturated carbocycles. The van der Waals surface area contributed by atoms with Crippen molar-refractivity contribution in [3.8, 4) is 0 Å². The van der Waals surface area contributed by atoms with Crippen LogP contribution in [0.3, 0.4) is 0 Å². The molecule has 0 unspecified atom stereocenters. The quantitative estimate of drug-likeness (QED) is 0.0629. The zero-order valence-corrected chi connectivity index (χ0v) is 26.2. The Morgan fingerprint density at radius 1 is 1.00 bits per heavy atom. The number of benzene rings is 2. The van der Waals surface area contributed by atoms with Crippen LogP contribution >= 0.6 is 11.6 Å². The molecule has 14 heteroatoms. The molecular weight excluding hydrogens is 604 g/mol. The van der Waals surface area contributed by atoms with E-state index in [9.17, 15) is 28.8 Å². The Hall–Kier alpha value is -5.43. The summed E-state index contributed by atoms with van der Waals surface area (Å²) in [6.45, 7) is 7.15. The molecule has 0 spiro atoms. The number of hydrazine groups is 1. The van der Waals surface area contributed by atoms with E-state index in [2.05, 4.69) is 16.0 Å². The number of carbonyl (C=O) groups excluding carboxylic acids is 5. The molecule has 5 amide bonds. The van der Waals surface area contributed by atoms with Crippen molar-refractivity contribution in [3.63, 3.8) is 0 Å². The third kappa shape index (κ3) is 18.0. The molecular formula is C31H39ClN6O7. The second-order valence-corrected chi connectivity index (χ2v) is 9.38. The summed E-state index contributed by atoms with van der Waals surface area (Å²) < 4.78 is 0. The molecule has 242 valence electrons. The van der Waals surface area contributed by atoms with E-state index < -0.39 is 24.3 Å². The largest absolute Gasteiger partial charge is 0.480 e. The van der Waals surface area contributed by atoms with Crippen molar-refractivity contribution in [2.24, 2.45) is 0 Å². The van der Waals surface area contributed by atoms with Gasteiger partial charge in [-0.1, -0.05) is 60.2 Å². The lowest BCUT2D eigenvalue weighted by molar-refractivity contribution is -0.145. The average molecular weight is 643 g/mol. The molecule has 0 fully saturated rings. The van der Waals surface area contributed by atoms with Gasteiger partial charge in [-0.15, -0.1) is 0 Å². The maximum Gasteiger partial charge on any atom is 0.325 e. The van der Waals surface area contributed by atoms with Gasteiger partial charge in [-0.3, -0.25) is 34.2 Å². The maximum absolute atomic E-state index is 12.2. The molecule has 7 N–H and O–H groups in total. The summed E-state index contributed by atoms with van der Waals surface area (Å²) in [4.78, 5) is 65.4. The van der Waals surface area contributed by atoms with E-state index in [-0.39, 0.29) is 24.1 Å². The van der Waals surface area contributed by atoms with Crippen LogP contribution in [0.4, 0.5) is 5.69 Å². The molecule has 0 aliphatic heterocycles. The summed E-state index contributed by atoms with van der Waals surface area (Å²) >= 11 is 5.90. The lowest BCUT2D eigenvalue weighted by Gasteiger charge is -2.16. The van der Waals surface area contributed by atoms with Gasteiger partial charge in [0.25, 0.3) is 17.7 Å². The molecule has 2 rings (SSSR count). The number of carboxylic acid groups (broad SMARTS) is 1. The van der Waals surface area contributed by atoms with Crippen LogP contribution in [0.2, 0.25) is 5.02 Å². The smallest absolute Gasteiger partial charge is 0.325 e. The summed E-state index contributed by atoms with van der Waals surface area (Å²) in [6, 6.07) is 14.3. The summed E-state index contributed by atoms with van der Waals surface area (Å²) in [5, 5.41) is 17.2. The first-order chi connectivity index (χ1) is 21.4. The van der Waals surface area contributed by atoms with Crippen molar-refractivity contribution in [3.05, 3.63) is 101 Å². The summed E-state index contributed by atoms with van der Waals surface area (Å²) in [5.41, 5.74) is 9.57. The van der Waals surface area contributed by atoms with Crippen LogP contribution in [0.25, 0.3) is 0 Å². The minimum absolute atomic E-state index is 0.0376. The first-order valence-electron chi connectivity index (χ1n) is 13.5. The average Bonchev–Trinajstić information content (AvgIpc) is 3.00. The minimum Gasteiger partial charge on any atom is -0.480 e. The number of aliphatic carboxylic acids is 1. The van der Waals surface area contributed by atoms with Crippen molar-refractivity contribution in [1.29, 1.82) is 0 Å². The fraction of sp³-hybridized carbons (Fsp3) is 0.226. The zero-order valence-electron chi connectivity index (χ0n) is 25.5. The van der Waals surface area contributed by atoms with Crippen molar-refractivity contribution in [1.82, 2.24) is 26.4 Å². The van der Waals surface area contributed by atoms with Crippen LogP contribution in [0.5, 0.6) is 0 Å². The Bertz CT molecular complexity index is 1360. The van der Waals surface area contributed by atoms with Gasteiger partial charge in [-0.05, 0) is 57.5 Å². The second-order valence-electron chi connectivity index (χ2n) is 8.97. The van der Waals surface area contributed by atoms with Crippen LogP contribution in [-0.2, 0) is 30.5 Å². The second kappa shape index (κ2) is 23.1. The SMILES string of the molecule is C/C=C/C(=O)N(CC(=O)O)NC=O.C/C=C\C=C(\NC(=O)c1ccc(N)c(Cl)c1)C(=O)NC(C)C.O=CNCc1ccccc1. The molecule has 0 bridgehead atoms. The van der Waals surface area contributed by atoms with Gasteiger partial charge in [-0.25, -0.2) is 5.01 Å². The Kier molecular flexibility index (Phi) is 20.3. The number of nitrogen functional groups attached to an aromatic ring is 1. The molecule has 0 aliphatic rings. The molecule has 0 radical (unpaired) electrons. The molecule has 0 atom stereocenters. The van der Waals surface area contributed by atoms with E-state index in [1.54, 1.807) is 31.2 Å². The number of halogens is 1. The van der Waals surface area contributed by atoms with E-state index in [0.717, 1.165) is 11.6 Å². The third-order valence-corrected chi connectivity index (χ3v) is 5.27. The summed E-state index contributed by atoms with van der Waals surface area (Å²) in [7, 11) is 0. The predicted molar refractivity (Wildman–Crippen MR) is 172 cm³/mol. The van der Waals surface area contributed by atoms with Gasteiger partial charge in [0, 0.05) is 24.2 Å². The van der Waals surface area contributed by atoms with Gasteiger partial charge in [-0.2, -0.15) is 0 Å². The molecule has 0 aliphatic carbocycles. The number of rotatable bonds is 13. The first-order valence-corrected chi connectivity index (χ1v) is 13.8. The Balaban J connectivity index is 0.000000712. The molecule has 45 heavy (non-hydrogen) atoms. The number of hydrogen-bond donors (Lipinski definition) is 6. The highest BCUT2D eigenvalue weighted by molar-refractivity contribution is 6.33. The third-order valence-electron chi connectivity index (χ3n) is 4.94. The Labute approximate surface area is 267 Å². The Morgan fingerprint density at radius 2 is 1.67 bits per heavy atom. The molecule has 0 aromatic heterocycles. The number of hydrogen-bond acceptors (Lipinski definition) is 7. The van der Waals surface area contributed by atoms with Crippen molar-refractivity contribution >= 4 is 53.8 Å². The van der Waals surface area contributed by atoms with Crippen LogP contribution in [0.1, 0.15) is 43.6 Å². The fourth-order valence-corrected chi connectivity index (χ4v) is 3.12. The number of anilines is 1. The van der Waals surface area contributed by atoms with Gasteiger partial charge in [0.05, 0.1) is 10.7 Å². The van der Waals surface area contributed by atoms with Gasteiger partial charge in [0.2, 0.25) is 12.8 Å². The van der Waals surface area contributed by atoms with E-state index in [1.807, 2.05) is 56.5 Å². The lowest BCUT2D eigenvalue weighted by Crippen LogP contribution is -2.44. The van der Waals surface area contributed by atoms with E-state index in [1.165, 1.54) is 18.2 Å². The molecule has 2 aromatic rings. The summed E-state index contributed by atoms with van der Waals surface area (Å²) in [6.07, 6.45) is 8.51. The number of carbonyl (C=O) groups is 6. The normalized spacial score (nSPS) is 10.5. The van der Waals surface area contributed by atoms with Crippen molar-refractivity contribution in [2.75, 3.05) is 12.3 Å². The van der Waals surface area contributed by atoms with Crippen molar-refractivity contribution in [2.45, 2.75) is 40.3 Å². The van der Waals surface area contributed by atoms with Gasteiger partial charge in [0.15, 0.2) is 0 Å². The van der Waals surface area contributed by atoms with Gasteiger partial charge in [0.1, 0.15) is 12.2 Å². The molecule has 13 nitrogen and oxygen atoms in total. The molecule has 0 saturated heterocycles.